The molecule has 0 fully saturated rings. The number of aryl methyl sites for hydroxylation is 1. The zero-order chi connectivity index (χ0) is 11.5. The maximum atomic E-state index is 11.7. The van der Waals surface area contributed by atoms with E-state index in [1.165, 1.54) is 29.9 Å². The van der Waals surface area contributed by atoms with E-state index in [1.54, 1.807) is 0 Å². The summed E-state index contributed by atoms with van der Waals surface area (Å²) in [6, 6.07) is 1.48. The van der Waals surface area contributed by atoms with E-state index in [1.807, 2.05) is 6.92 Å². The molecule has 0 saturated heterocycles. The molecule has 1 amide bonds. The number of halogens is 1. The van der Waals surface area contributed by atoms with Gasteiger partial charge in [-0.05, 0) is 6.92 Å². The molecular weight excluding hydrogens is 248 g/mol. The van der Waals surface area contributed by atoms with Gasteiger partial charge in [0.1, 0.15) is 22.2 Å². The van der Waals surface area contributed by atoms with Crippen LogP contribution in [-0.4, -0.2) is 20.9 Å². The van der Waals surface area contributed by atoms with Crippen molar-refractivity contribution in [2.75, 3.05) is 5.32 Å². The quantitative estimate of drug-likeness (QED) is 0.834. The highest BCUT2D eigenvalue weighted by molar-refractivity contribution is 7.13. The molecule has 7 heteroatoms. The fourth-order valence-corrected chi connectivity index (χ4v) is 1.87. The highest BCUT2D eigenvalue weighted by Crippen LogP contribution is 2.14. The predicted molar refractivity (Wildman–Crippen MR) is 61.8 cm³/mol. The minimum absolute atomic E-state index is 0.250. The van der Waals surface area contributed by atoms with Crippen LogP contribution < -0.4 is 5.32 Å². The summed E-state index contributed by atoms with van der Waals surface area (Å²) in [7, 11) is 0. The maximum Gasteiger partial charge on any atom is 0.268 e. The van der Waals surface area contributed by atoms with Gasteiger partial charge in [-0.3, -0.25) is 4.79 Å². The number of carbonyl (C=O) groups is 1. The maximum absolute atomic E-state index is 11.7. The topological polar surface area (TPSA) is 67.8 Å². The van der Waals surface area contributed by atoms with Crippen LogP contribution in [0.25, 0.3) is 0 Å². The summed E-state index contributed by atoms with van der Waals surface area (Å²) in [6.07, 6.45) is 2.81. The fraction of sp³-hybridized carbons (Fsp3) is 0.111. The van der Waals surface area contributed by atoms with E-state index >= 15 is 0 Å². The normalized spacial score (nSPS) is 10.1. The molecule has 0 aliphatic rings. The Balaban J connectivity index is 2.13. The summed E-state index contributed by atoms with van der Waals surface area (Å²) in [6.45, 7) is 1.84. The molecule has 0 atom stereocenters. The van der Waals surface area contributed by atoms with Crippen LogP contribution in [0.2, 0.25) is 5.15 Å². The third-order valence-electron chi connectivity index (χ3n) is 1.72. The Morgan fingerprint density at radius 2 is 2.25 bits per heavy atom. The number of hydrogen-bond donors (Lipinski definition) is 1. The van der Waals surface area contributed by atoms with Crippen LogP contribution in [0.5, 0.6) is 0 Å². The lowest BCUT2D eigenvalue weighted by atomic mass is 10.5. The Morgan fingerprint density at radius 3 is 2.88 bits per heavy atom. The van der Waals surface area contributed by atoms with E-state index in [4.69, 9.17) is 11.6 Å². The van der Waals surface area contributed by atoms with Crippen LogP contribution >= 0.6 is 22.9 Å². The van der Waals surface area contributed by atoms with Crippen molar-refractivity contribution in [1.29, 1.82) is 0 Å². The molecule has 1 N–H and O–H groups in total. The first-order valence-electron chi connectivity index (χ1n) is 4.36. The van der Waals surface area contributed by atoms with Crippen molar-refractivity contribution < 1.29 is 4.79 Å². The van der Waals surface area contributed by atoms with Crippen molar-refractivity contribution in [2.45, 2.75) is 6.92 Å². The third-order valence-corrected chi connectivity index (χ3v) is 2.84. The second kappa shape index (κ2) is 4.54. The van der Waals surface area contributed by atoms with Crippen LogP contribution in [0.4, 0.5) is 5.82 Å². The molecule has 0 saturated carbocycles. The molecule has 2 aromatic rings. The van der Waals surface area contributed by atoms with E-state index in [2.05, 4.69) is 20.3 Å². The minimum atomic E-state index is -0.250. The number of anilines is 1. The smallest absolute Gasteiger partial charge is 0.268 e. The second-order valence-electron chi connectivity index (χ2n) is 2.92. The van der Waals surface area contributed by atoms with Crippen molar-refractivity contribution in [3.8, 4) is 0 Å². The van der Waals surface area contributed by atoms with Gasteiger partial charge < -0.3 is 5.32 Å². The van der Waals surface area contributed by atoms with Gasteiger partial charge in [0.15, 0.2) is 0 Å². The predicted octanol–water partition coefficient (Wildman–Crippen LogP) is 2.15. The summed E-state index contributed by atoms with van der Waals surface area (Å²) in [5, 5.41) is 3.73. The van der Waals surface area contributed by atoms with Crippen LogP contribution in [0.15, 0.2) is 18.6 Å². The molecule has 16 heavy (non-hydrogen) atoms. The van der Waals surface area contributed by atoms with E-state index < -0.39 is 0 Å². The summed E-state index contributed by atoms with van der Waals surface area (Å²) in [5.41, 5.74) is 0. The second-order valence-corrected chi connectivity index (χ2v) is 4.55. The monoisotopic (exact) mass is 254 g/mol. The van der Waals surface area contributed by atoms with Gasteiger partial charge in [0.25, 0.3) is 5.91 Å². The van der Waals surface area contributed by atoms with Crippen molar-refractivity contribution in [2.24, 2.45) is 0 Å². The molecule has 0 aromatic carbocycles. The van der Waals surface area contributed by atoms with E-state index in [9.17, 15) is 4.79 Å². The number of nitrogens with zero attached hydrogens (tertiary/aromatic N) is 3. The van der Waals surface area contributed by atoms with Gasteiger partial charge in [-0.15, -0.1) is 11.3 Å². The Kier molecular flexibility index (Phi) is 3.12. The third kappa shape index (κ3) is 2.53. The molecule has 2 aromatic heterocycles. The molecule has 2 rings (SSSR count). The summed E-state index contributed by atoms with van der Waals surface area (Å²) in [5.74, 6) is 0.122. The average molecular weight is 255 g/mol. The van der Waals surface area contributed by atoms with Crippen molar-refractivity contribution in [3.05, 3.63) is 33.6 Å². The largest absolute Gasteiger partial charge is 0.306 e. The van der Waals surface area contributed by atoms with Gasteiger partial charge in [-0.25, -0.2) is 15.0 Å². The van der Waals surface area contributed by atoms with Crippen molar-refractivity contribution >= 4 is 34.7 Å². The Hall–Kier alpha value is -1.53. The van der Waals surface area contributed by atoms with E-state index in [0.29, 0.717) is 10.7 Å². The molecule has 2 heterocycles. The van der Waals surface area contributed by atoms with Gasteiger partial charge in [0.05, 0.1) is 11.2 Å². The lowest BCUT2D eigenvalue weighted by Crippen LogP contribution is -2.11. The highest BCUT2D eigenvalue weighted by Gasteiger charge is 2.09. The minimum Gasteiger partial charge on any atom is -0.306 e. The first kappa shape index (κ1) is 11.0. The van der Waals surface area contributed by atoms with E-state index in [0.717, 1.165) is 5.01 Å². The molecule has 0 radical (unpaired) electrons. The average Bonchev–Trinajstić information content (AvgIpc) is 2.65. The molecular formula is C9H7ClN4OS. The van der Waals surface area contributed by atoms with Crippen LogP contribution in [0, 0.1) is 6.92 Å². The fourth-order valence-electron chi connectivity index (χ4n) is 1.05. The summed E-state index contributed by atoms with van der Waals surface area (Å²) < 4.78 is 0. The summed E-state index contributed by atoms with van der Waals surface area (Å²) >= 11 is 6.99. The molecule has 0 unspecified atom stereocenters. The molecule has 5 nitrogen and oxygen atoms in total. The highest BCUT2D eigenvalue weighted by atomic mass is 35.5. The van der Waals surface area contributed by atoms with Crippen molar-refractivity contribution in [1.82, 2.24) is 15.0 Å². The Bertz CT molecular complexity index is 528. The van der Waals surface area contributed by atoms with Crippen LogP contribution in [0.3, 0.4) is 0 Å². The molecule has 0 aliphatic carbocycles. The molecule has 0 bridgehead atoms. The SMILES string of the molecule is Cc1ncc(C(=O)Nc2cc(Cl)ncn2)s1. The zero-order valence-electron chi connectivity index (χ0n) is 8.27. The number of rotatable bonds is 2. The van der Waals surface area contributed by atoms with Crippen LogP contribution in [0.1, 0.15) is 14.7 Å². The van der Waals surface area contributed by atoms with Gasteiger partial charge >= 0.3 is 0 Å². The van der Waals surface area contributed by atoms with E-state index in [-0.39, 0.29) is 11.1 Å². The number of aromatic nitrogens is 3. The van der Waals surface area contributed by atoms with Crippen LogP contribution in [-0.2, 0) is 0 Å². The first-order valence-corrected chi connectivity index (χ1v) is 5.56. The summed E-state index contributed by atoms with van der Waals surface area (Å²) in [4.78, 5) is 23.8. The number of hydrogen-bond acceptors (Lipinski definition) is 5. The molecule has 0 spiro atoms. The lowest BCUT2D eigenvalue weighted by Gasteiger charge is -2.01. The number of nitrogens with one attached hydrogen (secondary N) is 1. The van der Waals surface area contributed by atoms with Crippen molar-refractivity contribution in [3.63, 3.8) is 0 Å². The Morgan fingerprint density at radius 1 is 1.44 bits per heavy atom. The zero-order valence-corrected chi connectivity index (χ0v) is 9.84. The Labute approximate surface area is 101 Å². The number of amides is 1. The van der Waals surface area contributed by atoms with Gasteiger partial charge in [0.2, 0.25) is 0 Å². The van der Waals surface area contributed by atoms with Gasteiger partial charge in [0, 0.05) is 6.07 Å². The number of carbonyl (C=O) groups excluding carboxylic acids is 1. The standard InChI is InChI=1S/C9H7ClN4OS/c1-5-11-3-6(16-5)9(15)14-8-2-7(10)12-4-13-8/h2-4H,1H3,(H,12,13,14,15). The lowest BCUT2D eigenvalue weighted by molar-refractivity contribution is 0.103. The first-order chi connectivity index (χ1) is 7.65. The van der Waals surface area contributed by atoms with Gasteiger partial charge in [-0.2, -0.15) is 0 Å². The van der Waals surface area contributed by atoms with Gasteiger partial charge in [-0.1, -0.05) is 11.6 Å². The molecule has 82 valence electrons. The molecule has 0 aliphatic heterocycles. The number of thiazole rings is 1.